The number of methoxy groups -OCH3 is 4. The highest BCUT2D eigenvalue weighted by Crippen LogP contribution is 2.41. The minimum atomic E-state index is -1.31. The van der Waals surface area contributed by atoms with Crippen LogP contribution in [0.1, 0.15) is 6.92 Å². The van der Waals surface area contributed by atoms with Gasteiger partial charge in [0.25, 0.3) is 5.91 Å². The van der Waals surface area contributed by atoms with Crippen molar-refractivity contribution in [2.75, 3.05) is 48.1 Å². The molecular formula is C23H31N3O9. The van der Waals surface area contributed by atoms with Crippen LogP contribution in [0.4, 0.5) is 4.79 Å². The summed E-state index contributed by atoms with van der Waals surface area (Å²) in [5.41, 5.74) is 6.14. The maximum absolute atomic E-state index is 12.2. The number of nitrogens with zero attached hydrogens (tertiary/aromatic N) is 1. The molecule has 2 unspecified atom stereocenters. The lowest BCUT2D eigenvalue weighted by molar-refractivity contribution is -0.133. The molecule has 1 aromatic carbocycles. The Labute approximate surface area is 203 Å². The highest BCUT2D eigenvalue weighted by molar-refractivity contribution is 5.80. The zero-order valence-electron chi connectivity index (χ0n) is 20.4. The van der Waals surface area contributed by atoms with Gasteiger partial charge in [-0.2, -0.15) is 0 Å². The van der Waals surface area contributed by atoms with Crippen LogP contribution in [0.3, 0.4) is 0 Å². The number of nitrogens with one attached hydrogen (secondary N) is 1. The number of nitrogens with two attached hydrogens (primary N) is 1. The number of carbonyl (C=O) groups excluding carboxylic acids is 3. The summed E-state index contributed by atoms with van der Waals surface area (Å²) in [7, 11) is 5.65. The van der Waals surface area contributed by atoms with E-state index in [-0.39, 0.29) is 24.8 Å². The van der Waals surface area contributed by atoms with Crippen molar-refractivity contribution in [1.29, 1.82) is 0 Å². The van der Waals surface area contributed by atoms with Gasteiger partial charge in [-0.3, -0.25) is 9.59 Å². The fourth-order valence-corrected chi connectivity index (χ4v) is 3.28. The average Bonchev–Trinajstić information content (AvgIpc) is 2.86. The van der Waals surface area contributed by atoms with Gasteiger partial charge in [0.05, 0.1) is 27.9 Å². The van der Waals surface area contributed by atoms with Gasteiger partial charge in [0.2, 0.25) is 17.8 Å². The summed E-state index contributed by atoms with van der Waals surface area (Å²) in [5.74, 6) is 0.154. The van der Waals surface area contributed by atoms with E-state index < -0.39 is 24.2 Å². The number of hydrogen-bond acceptors (Lipinski definition) is 9. The molecule has 12 heteroatoms. The predicted molar refractivity (Wildman–Crippen MR) is 124 cm³/mol. The van der Waals surface area contributed by atoms with Crippen LogP contribution in [0.15, 0.2) is 36.1 Å². The number of allylic oxidation sites excluding steroid dienone is 2. The largest absolute Gasteiger partial charge is 0.493 e. The van der Waals surface area contributed by atoms with E-state index in [2.05, 4.69) is 5.32 Å². The van der Waals surface area contributed by atoms with Gasteiger partial charge in [-0.1, -0.05) is 12.2 Å². The first-order valence-corrected chi connectivity index (χ1v) is 10.6. The van der Waals surface area contributed by atoms with Gasteiger partial charge in [-0.05, 0) is 6.08 Å². The molecule has 2 atom stereocenters. The maximum Gasteiger partial charge on any atom is 0.407 e. The number of benzene rings is 1. The van der Waals surface area contributed by atoms with Gasteiger partial charge in [0, 0.05) is 38.4 Å². The van der Waals surface area contributed by atoms with Gasteiger partial charge in [0.1, 0.15) is 18.5 Å². The van der Waals surface area contributed by atoms with Gasteiger partial charge in [-0.15, -0.1) is 0 Å². The Morgan fingerprint density at radius 3 is 2.26 bits per heavy atom. The second kappa shape index (κ2) is 13.1. The van der Waals surface area contributed by atoms with E-state index in [1.807, 2.05) is 6.08 Å². The zero-order chi connectivity index (χ0) is 26.0. The number of ether oxygens (including phenoxy) is 6. The Bertz CT molecular complexity index is 952. The Hall–Kier alpha value is -3.93. The molecule has 0 saturated carbocycles. The molecule has 12 nitrogen and oxygen atoms in total. The minimum absolute atomic E-state index is 0.0710. The van der Waals surface area contributed by atoms with E-state index in [9.17, 15) is 14.4 Å². The van der Waals surface area contributed by atoms with Crippen molar-refractivity contribution in [2.24, 2.45) is 5.73 Å². The number of primary amides is 1. The van der Waals surface area contributed by atoms with Crippen molar-refractivity contribution in [3.8, 4) is 23.0 Å². The Morgan fingerprint density at radius 1 is 1.09 bits per heavy atom. The molecule has 1 aromatic rings. The summed E-state index contributed by atoms with van der Waals surface area (Å²) in [6.07, 6.45) is 2.22. The van der Waals surface area contributed by atoms with E-state index >= 15 is 0 Å². The SMILES string of the molecule is COc1cc(OC(C(N)=O)C(COC(=O)NCC2=CC=CCN2C(C)=O)OC)cc(OC)c1OC. The first-order valence-electron chi connectivity index (χ1n) is 10.6. The summed E-state index contributed by atoms with van der Waals surface area (Å²) in [6, 6.07) is 2.98. The minimum Gasteiger partial charge on any atom is -0.493 e. The molecule has 1 aliphatic heterocycles. The quantitative estimate of drug-likeness (QED) is 0.435. The van der Waals surface area contributed by atoms with Gasteiger partial charge >= 0.3 is 6.09 Å². The number of hydrogen-bond donors (Lipinski definition) is 2. The summed E-state index contributed by atoms with van der Waals surface area (Å²) in [5, 5.41) is 2.56. The van der Waals surface area contributed by atoms with Crippen molar-refractivity contribution >= 4 is 17.9 Å². The third-order valence-electron chi connectivity index (χ3n) is 5.05. The van der Waals surface area contributed by atoms with E-state index in [1.54, 1.807) is 12.2 Å². The third kappa shape index (κ3) is 7.27. The lowest BCUT2D eigenvalue weighted by Gasteiger charge is -2.26. The molecule has 3 amide bonds. The molecular weight excluding hydrogens is 462 g/mol. The van der Waals surface area contributed by atoms with E-state index in [1.165, 1.54) is 52.4 Å². The fraction of sp³-hybridized carbons (Fsp3) is 0.435. The van der Waals surface area contributed by atoms with Crippen LogP contribution in [-0.2, 0) is 19.1 Å². The van der Waals surface area contributed by atoms with E-state index in [4.69, 9.17) is 34.2 Å². The van der Waals surface area contributed by atoms with E-state index in [0.29, 0.717) is 29.5 Å². The van der Waals surface area contributed by atoms with Crippen molar-refractivity contribution in [3.05, 3.63) is 36.1 Å². The second-order valence-electron chi connectivity index (χ2n) is 7.24. The van der Waals surface area contributed by atoms with Crippen LogP contribution in [0.5, 0.6) is 23.0 Å². The lowest BCUT2D eigenvalue weighted by atomic mass is 10.2. The summed E-state index contributed by atoms with van der Waals surface area (Å²) in [4.78, 5) is 37.6. The number of carbonyl (C=O) groups is 3. The molecule has 0 radical (unpaired) electrons. The molecule has 2 rings (SSSR count). The fourth-order valence-electron chi connectivity index (χ4n) is 3.28. The highest BCUT2D eigenvalue weighted by Gasteiger charge is 2.31. The Kier molecular flexibility index (Phi) is 10.2. The summed E-state index contributed by atoms with van der Waals surface area (Å²) >= 11 is 0. The number of amides is 3. The van der Waals surface area contributed by atoms with Crippen LogP contribution in [0.25, 0.3) is 0 Å². The van der Waals surface area contributed by atoms with Gasteiger partial charge in [-0.25, -0.2) is 4.79 Å². The first-order chi connectivity index (χ1) is 16.7. The molecule has 35 heavy (non-hydrogen) atoms. The molecule has 0 bridgehead atoms. The average molecular weight is 494 g/mol. The molecule has 1 heterocycles. The van der Waals surface area contributed by atoms with Crippen LogP contribution >= 0.6 is 0 Å². The molecule has 0 fully saturated rings. The molecule has 0 spiro atoms. The topological polar surface area (TPSA) is 148 Å². The predicted octanol–water partition coefficient (Wildman–Crippen LogP) is 0.989. The summed E-state index contributed by atoms with van der Waals surface area (Å²) in [6.45, 7) is 1.59. The normalized spacial score (nSPS) is 14.3. The van der Waals surface area contributed by atoms with E-state index in [0.717, 1.165) is 0 Å². The smallest absolute Gasteiger partial charge is 0.407 e. The number of alkyl carbamates (subject to hydrolysis) is 1. The van der Waals surface area contributed by atoms with Crippen molar-refractivity contribution in [2.45, 2.75) is 19.1 Å². The zero-order valence-corrected chi connectivity index (χ0v) is 20.4. The molecule has 0 saturated heterocycles. The lowest BCUT2D eigenvalue weighted by Crippen LogP contribution is -2.47. The van der Waals surface area contributed by atoms with Crippen LogP contribution in [0.2, 0.25) is 0 Å². The Balaban J connectivity index is 2.04. The first kappa shape index (κ1) is 27.3. The van der Waals surface area contributed by atoms with Crippen molar-refractivity contribution in [1.82, 2.24) is 10.2 Å². The number of rotatable bonds is 12. The summed E-state index contributed by atoms with van der Waals surface area (Å²) < 4.78 is 32.1. The van der Waals surface area contributed by atoms with Crippen LogP contribution < -0.4 is 30.0 Å². The van der Waals surface area contributed by atoms with Crippen LogP contribution in [-0.4, -0.2) is 83.2 Å². The van der Waals surface area contributed by atoms with Gasteiger partial charge in [0.15, 0.2) is 11.5 Å². The van der Waals surface area contributed by atoms with Crippen LogP contribution in [0, 0.1) is 0 Å². The van der Waals surface area contributed by atoms with Crippen molar-refractivity contribution < 1.29 is 42.8 Å². The molecule has 192 valence electrons. The molecule has 1 aliphatic rings. The molecule has 0 aliphatic carbocycles. The van der Waals surface area contributed by atoms with Crippen molar-refractivity contribution in [3.63, 3.8) is 0 Å². The standard InChI is InChI=1S/C23H31N3O9/c1-14(27)26-9-7-6-8-15(26)12-25-23(29)34-13-19(32-4)21(22(24)28)35-16-10-17(30-2)20(33-5)18(11-16)31-3/h6-8,10-11,19,21H,9,12-13H2,1-5H3,(H2,24,28)(H,25,29). The molecule has 0 aromatic heterocycles. The Morgan fingerprint density at radius 2 is 1.74 bits per heavy atom. The highest BCUT2D eigenvalue weighted by atomic mass is 16.6. The molecule has 3 N–H and O–H groups in total. The third-order valence-corrected chi connectivity index (χ3v) is 5.05. The monoisotopic (exact) mass is 493 g/mol. The van der Waals surface area contributed by atoms with Gasteiger partial charge < -0.3 is 44.4 Å². The second-order valence-corrected chi connectivity index (χ2v) is 7.24. The maximum atomic E-state index is 12.2.